The average Bonchev–Trinajstić information content (AvgIpc) is 2.23. The molecule has 0 spiro atoms. The second kappa shape index (κ2) is 4.53. The molecule has 2 N–H and O–H groups in total. The zero-order chi connectivity index (χ0) is 13.3. The van der Waals surface area contributed by atoms with Crippen LogP contribution in [0.5, 0.6) is 0 Å². The first kappa shape index (κ1) is 12.8. The van der Waals surface area contributed by atoms with Crippen molar-refractivity contribution in [2.24, 2.45) is 5.73 Å². The summed E-state index contributed by atoms with van der Waals surface area (Å²) in [4.78, 5) is 22.0. The van der Waals surface area contributed by atoms with E-state index in [-0.39, 0.29) is 6.04 Å². The smallest absolute Gasteiger partial charge is 0.341 e. The lowest BCUT2D eigenvalue weighted by atomic mass is 10.1. The number of rotatable bonds is 2. The number of hydrogen-bond donors (Lipinski definition) is 1. The van der Waals surface area contributed by atoms with Crippen molar-refractivity contribution < 1.29 is 9.53 Å². The van der Waals surface area contributed by atoms with E-state index in [0.717, 1.165) is 13.1 Å². The van der Waals surface area contributed by atoms with Crippen molar-refractivity contribution in [3.8, 4) is 0 Å². The van der Waals surface area contributed by atoms with Crippen LogP contribution in [0, 0.1) is 0 Å². The fraction of sp³-hybridized carbons (Fsp3) is 0.583. The lowest BCUT2D eigenvalue weighted by Crippen LogP contribution is -2.56. The number of carbonyl (C=O) groups excluding carboxylic acids is 1. The molecular weight excluding hydrogens is 232 g/mol. The number of ether oxygens (including phenoxy) is 1. The summed E-state index contributed by atoms with van der Waals surface area (Å²) in [6.45, 7) is 6.97. The van der Waals surface area contributed by atoms with E-state index in [1.165, 1.54) is 12.4 Å². The number of nitrogens with zero attached hydrogens (tertiary/aromatic N) is 3. The van der Waals surface area contributed by atoms with Crippen LogP contribution in [0.1, 0.15) is 31.1 Å². The molecule has 0 atom stereocenters. The second-order valence-electron chi connectivity index (χ2n) is 5.44. The van der Waals surface area contributed by atoms with E-state index in [2.05, 4.69) is 9.97 Å². The third-order valence-electron chi connectivity index (χ3n) is 2.47. The molecule has 0 saturated carbocycles. The maximum absolute atomic E-state index is 11.7. The Balaban J connectivity index is 2.01. The third-order valence-corrected chi connectivity index (χ3v) is 2.47. The van der Waals surface area contributed by atoms with Gasteiger partial charge in [-0.1, -0.05) is 0 Å². The van der Waals surface area contributed by atoms with Gasteiger partial charge in [0.15, 0.2) is 0 Å². The average molecular weight is 250 g/mol. The monoisotopic (exact) mass is 250 g/mol. The molecule has 0 radical (unpaired) electrons. The highest BCUT2D eigenvalue weighted by molar-refractivity contribution is 5.89. The van der Waals surface area contributed by atoms with Gasteiger partial charge in [-0.05, 0) is 20.8 Å². The fourth-order valence-corrected chi connectivity index (χ4v) is 1.60. The molecule has 2 heterocycles. The Morgan fingerprint density at radius 1 is 1.39 bits per heavy atom. The molecule has 0 aromatic carbocycles. The van der Waals surface area contributed by atoms with E-state index in [4.69, 9.17) is 10.5 Å². The van der Waals surface area contributed by atoms with Crippen LogP contribution in [0.2, 0.25) is 0 Å². The van der Waals surface area contributed by atoms with Crippen LogP contribution < -0.4 is 10.6 Å². The van der Waals surface area contributed by atoms with Gasteiger partial charge in [-0.15, -0.1) is 0 Å². The summed E-state index contributed by atoms with van der Waals surface area (Å²) in [6, 6.07) is 0.194. The minimum absolute atomic E-state index is 0.194. The predicted octanol–water partition coefficient (Wildman–Crippen LogP) is 0.579. The third kappa shape index (κ3) is 2.95. The Hall–Kier alpha value is -1.69. The maximum atomic E-state index is 11.7. The zero-order valence-corrected chi connectivity index (χ0v) is 10.9. The maximum Gasteiger partial charge on any atom is 0.341 e. The minimum atomic E-state index is -0.514. The molecule has 18 heavy (non-hydrogen) atoms. The van der Waals surface area contributed by atoms with E-state index >= 15 is 0 Å². The topological polar surface area (TPSA) is 81.3 Å². The molecule has 0 unspecified atom stereocenters. The van der Waals surface area contributed by atoms with Crippen molar-refractivity contribution in [2.45, 2.75) is 32.4 Å². The second-order valence-corrected chi connectivity index (χ2v) is 5.44. The van der Waals surface area contributed by atoms with E-state index < -0.39 is 11.6 Å². The van der Waals surface area contributed by atoms with E-state index in [1.807, 2.05) is 25.7 Å². The van der Waals surface area contributed by atoms with Crippen molar-refractivity contribution in [3.63, 3.8) is 0 Å². The Morgan fingerprint density at radius 3 is 2.39 bits per heavy atom. The van der Waals surface area contributed by atoms with E-state index in [9.17, 15) is 4.79 Å². The molecule has 0 aliphatic carbocycles. The fourth-order valence-electron chi connectivity index (χ4n) is 1.60. The van der Waals surface area contributed by atoms with Gasteiger partial charge < -0.3 is 15.4 Å². The standard InChI is InChI=1S/C12H18N4O2/c1-12(2,3)18-10(17)8-4-14-11(15-5-8)16-6-9(13)7-16/h4-5,9H,6-7,13H2,1-3H3. The molecule has 1 aromatic rings. The first-order valence-electron chi connectivity index (χ1n) is 5.91. The molecule has 0 amide bonds. The number of anilines is 1. The van der Waals surface area contributed by atoms with Crippen molar-refractivity contribution in [1.29, 1.82) is 0 Å². The predicted molar refractivity (Wildman–Crippen MR) is 67.4 cm³/mol. The Bertz CT molecular complexity index is 432. The first-order valence-corrected chi connectivity index (χ1v) is 5.91. The lowest BCUT2D eigenvalue weighted by molar-refractivity contribution is 0.00686. The summed E-state index contributed by atoms with van der Waals surface area (Å²) in [5.41, 5.74) is 5.53. The quantitative estimate of drug-likeness (QED) is 0.773. The van der Waals surface area contributed by atoms with Crippen LogP contribution in [-0.4, -0.2) is 40.7 Å². The van der Waals surface area contributed by atoms with Crippen LogP contribution in [0.15, 0.2) is 12.4 Å². The summed E-state index contributed by atoms with van der Waals surface area (Å²) in [6.07, 6.45) is 2.97. The van der Waals surface area contributed by atoms with Crippen LogP contribution in [-0.2, 0) is 4.74 Å². The van der Waals surface area contributed by atoms with Gasteiger partial charge >= 0.3 is 5.97 Å². The van der Waals surface area contributed by atoms with Crippen LogP contribution in [0.25, 0.3) is 0 Å². The van der Waals surface area contributed by atoms with Gasteiger partial charge in [-0.2, -0.15) is 0 Å². The summed E-state index contributed by atoms with van der Waals surface area (Å²) >= 11 is 0. The number of esters is 1. The zero-order valence-electron chi connectivity index (χ0n) is 10.9. The highest BCUT2D eigenvalue weighted by Crippen LogP contribution is 2.16. The molecule has 6 nitrogen and oxygen atoms in total. The molecular formula is C12H18N4O2. The van der Waals surface area contributed by atoms with Crippen molar-refractivity contribution >= 4 is 11.9 Å². The van der Waals surface area contributed by atoms with Gasteiger partial charge in [0.1, 0.15) is 5.60 Å². The molecule has 6 heteroatoms. The van der Waals surface area contributed by atoms with E-state index in [1.54, 1.807) is 0 Å². The molecule has 2 rings (SSSR count). The number of aromatic nitrogens is 2. The SMILES string of the molecule is CC(C)(C)OC(=O)c1cnc(N2CC(N)C2)nc1. The highest BCUT2D eigenvalue weighted by atomic mass is 16.6. The molecule has 1 aliphatic heterocycles. The summed E-state index contributed by atoms with van der Waals surface area (Å²) < 4.78 is 5.23. The summed E-state index contributed by atoms with van der Waals surface area (Å²) in [5.74, 6) is 0.193. The van der Waals surface area contributed by atoms with E-state index in [0.29, 0.717) is 11.5 Å². The van der Waals surface area contributed by atoms with Crippen molar-refractivity contribution in [1.82, 2.24) is 9.97 Å². The first-order chi connectivity index (χ1) is 8.35. The van der Waals surface area contributed by atoms with Crippen molar-refractivity contribution in [2.75, 3.05) is 18.0 Å². The van der Waals surface area contributed by atoms with Gasteiger partial charge in [0.25, 0.3) is 0 Å². The normalized spacial score (nSPS) is 16.3. The number of carbonyl (C=O) groups is 1. The highest BCUT2D eigenvalue weighted by Gasteiger charge is 2.25. The molecule has 1 fully saturated rings. The van der Waals surface area contributed by atoms with Crippen LogP contribution in [0.4, 0.5) is 5.95 Å². The molecule has 1 saturated heterocycles. The Kier molecular flexibility index (Phi) is 3.21. The van der Waals surface area contributed by atoms with Gasteiger partial charge in [0, 0.05) is 31.5 Å². The molecule has 98 valence electrons. The minimum Gasteiger partial charge on any atom is -0.456 e. The van der Waals surface area contributed by atoms with Crippen LogP contribution in [0.3, 0.4) is 0 Å². The molecule has 1 aliphatic rings. The van der Waals surface area contributed by atoms with Crippen LogP contribution >= 0.6 is 0 Å². The largest absolute Gasteiger partial charge is 0.456 e. The Labute approximate surface area is 106 Å². The van der Waals surface area contributed by atoms with Gasteiger partial charge in [0.2, 0.25) is 5.95 Å². The Morgan fingerprint density at radius 2 is 1.94 bits per heavy atom. The van der Waals surface area contributed by atoms with Gasteiger partial charge in [-0.25, -0.2) is 14.8 Å². The number of hydrogen-bond acceptors (Lipinski definition) is 6. The summed E-state index contributed by atoms with van der Waals surface area (Å²) in [5, 5.41) is 0. The van der Waals surface area contributed by atoms with Crippen molar-refractivity contribution in [3.05, 3.63) is 18.0 Å². The lowest BCUT2D eigenvalue weighted by Gasteiger charge is -2.36. The van der Waals surface area contributed by atoms with Gasteiger partial charge in [0.05, 0.1) is 5.56 Å². The summed E-state index contributed by atoms with van der Waals surface area (Å²) in [7, 11) is 0. The molecule has 1 aromatic heterocycles. The van der Waals surface area contributed by atoms with Gasteiger partial charge in [-0.3, -0.25) is 0 Å². The number of nitrogens with two attached hydrogens (primary N) is 1. The molecule has 0 bridgehead atoms.